The van der Waals surface area contributed by atoms with Gasteiger partial charge in [0.15, 0.2) is 0 Å². The van der Waals surface area contributed by atoms with E-state index in [0.717, 1.165) is 16.9 Å². The molecule has 1 heterocycles. The topological polar surface area (TPSA) is 82.3 Å². The molecule has 1 amide bonds. The normalized spacial score (nSPS) is 10.1. The zero-order valence-electron chi connectivity index (χ0n) is 8.92. The summed E-state index contributed by atoms with van der Waals surface area (Å²) in [5.41, 5.74) is 6.23. The summed E-state index contributed by atoms with van der Waals surface area (Å²) >= 11 is 6.87. The number of carbonyl (C=O) groups excluding carboxylic acids is 2. The van der Waals surface area contributed by atoms with Crippen LogP contribution in [-0.2, 0) is 9.59 Å². The third-order valence-electron chi connectivity index (χ3n) is 2.00. The highest BCUT2D eigenvalue weighted by Crippen LogP contribution is 2.27. The molecule has 1 aromatic heterocycles. The Hall–Kier alpha value is -1.92. The smallest absolute Gasteiger partial charge is 0.391 e. The van der Waals surface area contributed by atoms with E-state index in [0.29, 0.717) is 10.7 Å². The largest absolute Gasteiger partial charge is 0.403 e. The van der Waals surface area contributed by atoms with Gasteiger partial charge >= 0.3 is 11.9 Å². The summed E-state index contributed by atoms with van der Waals surface area (Å²) in [6.07, 6.45) is 0. The zero-order chi connectivity index (χ0) is 13.1. The maximum absolute atomic E-state index is 11.0. The molecule has 18 heavy (non-hydrogen) atoms. The van der Waals surface area contributed by atoms with Gasteiger partial charge in [-0.2, -0.15) is 0 Å². The fraction of sp³-hybridized carbons (Fsp3) is 0. The molecule has 2 rings (SSSR count). The lowest BCUT2D eigenvalue weighted by Crippen LogP contribution is -2.27. The number of carbonyl (C=O) groups is 2. The Labute approximate surface area is 111 Å². The van der Waals surface area contributed by atoms with Crippen LogP contribution in [0.15, 0.2) is 29.6 Å². The molecule has 0 aliphatic carbocycles. The molecule has 1 aromatic carbocycles. The van der Waals surface area contributed by atoms with Crippen LogP contribution in [-0.4, -0.2) is 16.9 Å². The van der Waals surface area contributed by atoms with E-state index in [1.165, 1.54) is 0 Å². The maximum Gasteiger partial charge on any atom is 0.403 e. The van der Waals surface area contributed by atoms with Gasteiger partial charge in [0.25, 0.3) is 5.19 Å². The van der Waals surface area contributed by atoms with Crippen LogP contribution >= 0.6 is 22.9 Å². The zero-order valence-corrected chi connectivity index (χ0v) is 10.5. The average molecular weight is 283 g/mol. The van der Waals surface area contributed by atoms with Gasteiger partial charge in [-0.15, -0.1) is 0 Å². The van der Waals surface area contributed by atoms with Crippen LogP contribution in [0.1, 0.15) is 0 Å². The highest BCUT2D eigenvalue weighted by atomic mass is 35.5. The first kappa shape index (κ1) is 12.5. The number of thiazole rings is 1. The first-order valence-corrected chi connectivity index (χ1v) is 6.05. The molecule has 92 valence electrons. The molecule has 0 fully saturated rings. The number of nitrogens with two attached hydrogens (primary N) is 1. The SMILES string of the molecule is NC(=O)C(=O)Oc1nc(-c2ccc(Cl)cc2)cs1. The Balaban J connectivity index is 2.18. The van der Waals surface area contributed by atoms with Crippen molar-refractivity contribution < 1.29 is 14.3 Å². The number of benzene rings is 1. The van der Waals surface area contributed by atoms with Crippen molar-refractivity contribution >= 4 is 34.8 Å². The average Bonchev–Trinajstić information content (AvgIpc) is 2.78. The Kier molecular flexibility index (Phi) is 3.59. The lowest BCUT2D eigenvalue weighted by atomic mass is 10.2. The van der Waals surface area contributed by atoms with Gasteiger partial charge in [0.2, 0.25) is 0 Å². The monoisotopic (exact) mass is 282 g/mol. The first-order valence-electron chi connectivity index (χ1n) is 4.79. The van der Waals surface area contributed by atoms with E-state index in [-0.39, 0.29) is 5.19 Å². The van der Waals surface area contributed by atoms with Crippen molar-refractivity contribution in [2.45, 2.75) is 0 Å². The second kappa shape index (κ2) is 5.16. The molecular weight excluding hydrogens is 276 g/mol. The minimum Gasteiger partial charge on any atom is -0.391 e. The van der Waals surface area contributed by atoms with Gasteiger partial charge in [-0.1, -0.05) is 35.1 Å². The predicted molar refractivity (Wildman–Crippen MR) is 67.4 cm³/mol. The van der Waals surface area contributed by atoms with Crippen LogP contribution in [0, 0.1) is 0 Å². The van der Waals surface area contributed by atoms with Crippen molar-refractivity contribution in [3.63, 3.8) is 0 Å². The van der Waals surface area contributed by atoms with Gasteiger partial charge in [-0.05, 0) is 12.1 Å². The molecule has 0 saturated heterocycles. The second-order valence-electron chi connectivity index (χ2n) is 3.26. The van der Waals surface area contributed by atoms with Crippen molar-refractivity contribution in [2.75, 3.05) is 0 Å². The number of ether oxygens (including phenoxy) is 1. The molecule has 0 bridgehead atoms. The Morgan fingerprint density at radius 3 is 2.56 bits per heavy atom. The van der Waals surface area contributed by atoms with E-state index in [4.69, 9.17) is 17.3 Å². The van der Waals surface area contributed by atoms with Crippen LogP contribution < -0.4 is 10.5 Å². The molecule has 0 atom stereocenters. The molecule has 0 spiro atoms. The van der Waals surface area contributed by atoms with Crippen molar-refractivity contribution in [2.24, 2.45) is 5.73 Å². The third kappa shape index (κ3) is 2.85. The van der Waals surface area contributed by atoms with Crippen LogP contribution in [0.5, 0.6) is 5.19 Å². The summed E-state index contributed by atoms with van der Waals surface area (Å²) in [5, 5.41) is 2.39. The highest BCUT2D eigenvalue weighted by Gasteiger charge is 2.14. The fourth-order valence-corrected chi connectivity index (χ4v) is 1.99. The molecule has 0 unspecified atom stereocenters. The minimum atomic E-state index is -1.15. The molecule has 2 aromatic rings. The number of rotatable bonds is 2. The maximum atomic E-state index is 11.0. The lowest BCUT2D eigenvalue weighted by molar-refractivity contribution is -0.146. The summed E-state index contributed by atoms with van der Waals surface area (Å²) in [6, 6.07) is 7.03. The third-order valence-corrected chi connectivity index (χ3v) is 2.97. The second-order valence-corrected chi connectivity index (χ2v) is 4.52. The predicted octanol–water partition coefficient (Wildman–Crippen LogP) is 1.85. The van der Waals surface area contributed by atoms with E-state index in [1.54, 1.807) is 29.6 Å². The van der Waals surface area contributed by atoms with Gasteiger partial charge in [0.1, 0.15) is 0 Å². The van der Waals surface area contributed by atoms with E-state index >= 15 is 0 Å². The van der Waals surface area contributed by atoms with Crippen molar-refractivity contribution in [1.82, 2.24) is 4.98 Å². The molecule has 0 saturated carbocycles. The standard InChI is InChI=1S/C11H7ClN2O3S/c12-7-3-1-6(2-4-7)8-5-18-11(14-8)17-10(16)9(13)15/h1-5H,(H2,13,15). The van der Waals surface area contributed by atoms with Gasteiger partial charge in [0, 0.05) is 16.0 Å². The molecule has 0 radical (unpaired) electrons. The highest BCUT2D eigenvalue weighted by molar-refractivity contribution is 7.11. The molecule has 2 N–H and O–H groups in total. The van der Waals surface area contributed by atoms with Crippen molar-refractivity contribution in [1.29, 1.82) is 0 Å². The number of amides is 1. The lowest BCUT2D eigenvalue weighted by Gasteiger charge is -1.96. The van der Waals surface area contributed by atoms with Crippen LogP contribution in [0.4, 0.5) is 0 Å². The van der Waals surface area contributed by atoms with E-state index in [1.807, 2.05) is 0 Å². The number of halogens is 1. The van der Waals surface area contributed by atoms with Crippen molar-refractivity contribution in [3.8, 4) is 16.5 Å². The summed E-state index contributed by atoms with van der Waals surface area (Å²) < 4.78 is 4.67. The van der Waals surface area contributed by atoms with Crippen molar-refractivity contribution in [3.05, 3.63) is 34.7 Å². The fourth-order valence-electron chi connectivity index (χ4n) is 1.19. The van der Waals surface area contributed by atoms with Crippen LogP contribution in [0.2, 0.25) is 5.02 Å². The number of nitrogens with zero attached hydrogens (tertiary/aromatic N) is 1. The number of primary amides is 1. The van der Waals surface area contributed by atoms with Crippen LogP contribution in [0.3, 0.4) is 0 Å². The van der Waals surface area contributed by atoms with Gasteiger partial charge in [-0.3, -0.25) is 4.79 Å². The Bertz CT molecular complexity index is 595. The number of esters is 1. The Morgan fingerprint density at radius 1 is 1.28 bits per heavy atom. The minimum absolute atomic E-state index is 0.0729. The summed E-state index contributed by atoms with van der Waals surface area (Å²) in [7, 11) is 0. The van der Waals surface area contributed by atoms with E-state index in [2.05, 4.69) is 9.72 Å². The quantitative estimate of drug-likeness (QED) is 0.673. The van der Waals surface area contributed by atoms with Gasteiger partial charge < -0.3 is 10.5 Å². The number of hydrogen-bond donors (Lipinski definition) is 1. The van der Waals surface area contributed by atoms with E-state index in [9.17, 15) is 9.59 Å². The summed E-state index contributed by atoms with van der Waals surface area (Å²) in [5.74, 6) is -2.29. The molecule has 0 aliphatic rings. The molecule has 7 heteroatoms. The van der Waals surface area contributed by atoms with Gasteiger partial charge in [-0.25, -0.2) is 9.78 Å². The van der Waals surface area contributed by atoms with Crippen LogP contribution in [0.25, 0.3) is 11.3 Å². The first-order chi connectivity index (χ1) is 8.56. The molecule has 5 nitrogen and oxygen atoms in total. The summed E-state index contributed by atoms with van der Waals surface area (Å²) in [4.78, 5) is 25.5. The van der Waals surface area contributed by atoms with Gasteiger partial charge in [0.05, 0.1) is 5.69 Å². The Morgan fingerprint density at radius 2 is 1.94 bits per heavy atom. The number of aromatic nitrogens is 1. The molecule has 0 aliphatic heterocycles. The number of hydrogen-bond acceptors (Lipinski definition) is 5. The molecular formula is C11H7ClN2O3S. The van der Waals surface area contributed by atoms with E-state index < -0.39 is 11.9 Å². The summed E-state index contributed by atoms with van der Waals surface area (Å²) in [6.45, 7) is 0.